The molecule has 1 atom stereocenters. The maximum absolute atomic E-state index is 11.7. The van der Waals surface area contributed by atoms with Gasteiger partial charge in [-0.15, -0.1) is 5.10 Å². The number of hydrogen-bond acceptors (Lipinski definition) is 5. The monoisotopic (exact) mass is 269 g/mol. The summed E-state index contributed by atoms with van der Waals surface area (Å²) in [5.74, 6) is -2.58. The van der Waals surface area contributed by atoms with E-state index in [9.17, 15) is 14.4 Å². The minimum atomic E-state index is -1.39. The number of aryl methyl sites for hydroxylation is 1. The lowest BCUT2D eigenvalue weighted by Gasteiger charge is -2.10. The molecule has 9 heteroatoms. The number of rotatable bonds is 7. The molecule has 0 saturated heterocycles. The van der Waals surface area contributed by atoms with E-state index in [4.69, 9.17) is 10.8 Å². The fraction of sp³-hybridized carbons (Fsp3) is 0.500. The largest absolute Gasteiger partial charge is 0.480 e. The van der Waals surface area contributed by atoms with Gasteiger partial charge in [-0.05, 0) is 6.42 Å². The number of primary amides is 1. The van der Waals surface area contributed by atoms with Crippen molar-refractivity contribution < 1.29 is 19.5 Å². The van der Waals surface area contributed by atoms with Crippen LogP contribution in [0.15, 0.2) is 0 Å². The lowest BCUT2D eigenvalue weighted by molar-refractivity contribution is -0.140. The van der Waals surface area contributed by atoms with E-state index in [0.717, 1.165) is 6.42 Å². The molecule has 0 fully saturated rings. The van der Waals surface area contributed by atoms with E-state index in [1.165, 1.54) is 0 Å². The molecule has 0 aliphatic heterocycles. The summed E-state index contributed by atoms with van der Waals surface area (Å²) >= 11 is 0. The van der Waals surface area contributed by atoms with Crippen LogP contribution in [0.4, 0.5) is 0 Å². The molecule has 0 spiro atoms. The molecule has 1 heterocycles. The molecule has 1 aromatic heterocycles. The number of amides is 2. The molecule has 0 radical (unpaired) electrons. The SMILES string of the molecule is CCCc1nc(C(=O)N[C@H](CC(N)=O)C(=O)O)n[nH]1. The van der Waals surface area contributed by atoms with Gasteiger partial charge in [0.15, 0.2) is 0 Å². The molecule has 1 aromatic rings. The van der Waals surface area contributed by atoms with Gasteiger partial charge >= 0.3 is 5.97 Å². The summed E-state index contributed by atoms with van der Waals surface area (Å²) in [6.45, 7) is 1.94. The summed E-state index contributed by atoms with van der Waals surface area (Å²) < 4.78 is 0. The van der Waals surface area contributed by atoms with Gasteiger partial charge in [0.1, 0.15) is 11.9 Å². The van der Waals surface area contributed by atoms with Crippen LogP contribution in [0.1, 0.15) is 36.2 Å². The molecule has 2 amide bonds. The first-order chi connectivity index (χ1) is 8.93. The number of carbonyl (C=O) groups excluding carboxylic acids is 2. The average Bonchev–Trinajstić information content (AvgIpc) is 2.76. The van der Waals surface area contributed by atoms with Crippen LogP contribution in [-0.4, -0.2) is 44.1 Å². The van der Waals surface area contributed by atoms with Gasteiger partial charge in [-0.3, -0.25) is 14.7 Å². The lowest BCUT2D eigenvalue weighted by atomic mass is 10.2. The molecule has 0 aromatic carbocycles. The number of H-pyrrole nitrogens is 1. The predicted octanol–water partition coefficient (Wildman–Crippen LogP) is -1.18. The summed E-state index contributed by atoms with van der Waals surface area (Å²) in [7, 11) is 0. The first-order valence-corrected chi connectivity index (χ1v) is 5.67. The lowest BCUT2D eigenvalue weighted by Crippen LogP contribution is -2.43. The highest BCUT2D eigenvalue weighted by Crippen LogP contribution is 1.99. The molecule has 0 saturated carbocycles. The fourth-order valence-corrected chi connectivity index (χ4v) is 1.37. The van der Waals surface area contributed by atoms with Crippen molar-refractivity contribution in [2.24, 2.45) is 5.73 Å². The van der Waals surface area contributed by atoms with Crippen LogP contribution in [0.3, 0.4) is 0 Å². The second-order valence-corrected chi connectivity index (χ2v) is 3.89. The normalized spacial score (nSPS) is 11.8. The maximum Gasteiger partial charge on any atom is 0.326 e. The number of aromatic amines is 1. The zero-order chi connectivity index (χ0) is 14.4. The molecule has 1 rings (SSSR count). The number of nitrogens with zero attached hydrogens (tertiary/aromatic N) is 2. The zero-order valence-electron chi connectivity index (χ0n) is 10.3. The first kappa shape index (κ1) is 14.6. The van der Waals surface area contributed by atoms with Crippen LogP contribution < -0.4 is 11.1 Å². The number of carboxylic acid groups (broad SMARTS) is 1. The van der Waals surface area contributed by atoms with Gasteiger partial charge in [0.2, 0.25) is 11.7 Å². The maximum atomic E-state index is 11.7. The van der Waals surface area contributed by atoms with Gasteiger partial charge in [-0.25, -0.2) is 9.78 Å². The highest BCUT2D eigenvalue weighted by atomic mass is 16.4. The van der Waals surface area contributed by atoms with Crippen molar-refractivity contribution in [1.29, 1.82) is 0 Å². The average molecular weight is 269 g/mol. The Hall–Kier alpha value is -2.45. The summed E-state index contributed by atoms with van der Waals surface area (Å²) in [4.78, 5) is 37.1. The van der Waals surface area contributed by atoms with Crippen molar-refractivity contribution in [3.8, 4) is 0 Å². The van der Waals surface area contributed by atoms with Gasteiger partial charge in [0, 0.05) is 6.42 Å². The fourth-order valence-electron chi connectivity index (χ4n) is 1.37. The Morgan fingerprint density at radius 1 is 1.47 bits per heavy atom. The molecule has 104 valence electrons. The topological polar surface area (TPSA) is 151 Å². The summed E-state index contributed by atoms with van der Waals surface area (Å²) in [6.07, 6.45) is 0.965. The predicted molar refractivity (Wildman–Crippen MR) is 63.1 cm³/mol. The van der Waals surface area contributed by atoms with Crippen LogP contribution in [0.2, 0.25) is 0 Å². The van der Waals surface area contributed by atoms with Crippen LogP contribution in [0, 0.1) is 0 Å². The molecule has 0 unspecified atom stereocenters. The number of carbonyl (C=O) groups is 3. The number of nitrogens with one attached hydrogen (secondary N) is 2. The summed E-state index contributed by atoms with van der Waals surface area (Å²) in [5, 5.41) is 17.2. The second-order valence-electron chi connectivity index (χ2n) is 3.89. The molecular formula is C10H15N5O4. The van der Waals surface area contributed by atoms with Crippen LogP contribution in [-0.2, 0) is 16.0 Å². The number of aliphatic carboxylic acids is 1. The number of hydrogen-bond donors (Lipinski definition) is 4. The Morgan fingerprint density at radius 3 is 2.68 bits per heavy atom. The molecule has 19 heavy (non-hydrogen) atoms. The first-order valence-electron chi connectivity index (χ1n) is 5.67. The molecule has 0 aliphatic carbocycles. The van der Waals surface area contributed by atoms with E-state index >= 15 is 0 Å². The van der Waals surface area contributed by atoms with Gasteiger partial charge < -0.3 is 16.2 Å². The summed E-state index contributed by atoms with van der Waals surface area (Å²) in [5.41, 5.74) is 4.90. The zero-order valence-corrected chi connectivity index (χ0v) is 10.3. The van der Waals surface area contributed by atoms with Gasteiger partial charge in [0.25, 0.3) is 5.91 Å². The number of aromatic nitrogens is 3. The van der Waals surface area contributed by atoms with Crippen molar-refractivity contribution in [3.05, 3.63) is 11.6 Å². The van der Waals surface area contributed by atoms with Crippen molar-refractivity contribution in [2.45, 2.75) is 32.2 Å². The van der Waals surface area contributed by atoms with Crippen molar-refractivity contribution >= 4 is 17.8 Å². The van der Waals surface area contributed by atoms with Crippen molar-refractivity contribution in [2.75, 3.05) is 0 Å². The third kappa shape index (κ3) is 4.37. The van der Waals surface area contributed by atoms with Gasteiger partial charge in [-0.2, -0.15) is 0 Å². The number of carboxylic acids is 1. The third-order valence-corrected chi connectivity index (χ3v) is 2.23. The van der Waals surface area contributed by atoms with E-state index in [2.05, 4.69) is 20.5 Å². The number of nitrogens with two attached hydrogens (primary N) is 1. The van der Waals surface area contributed by atoms with E-state index in [0.29, 0.717) is 12.2 Å². The van der Waals surface area contributed by atoms with Crippen LogP contribution in [0.25, 0.3) is 0 Å². The van der Waals surface area contributed by atoms with Crippen molar-refractivity contribution in [3.63, 3.8) is 0 Å². The van der Waals surface area contributed by atoms with E-state index < -0.39 is 30.2 Å². The molecule has 9 nitrogen and oxygen atoms in total. The van der Waals surface area contributed by atoms with Crippen LogP contribution >= 0.6 is 0 Å². The Kier molecular flexibility index (Phi) is 4.98. The van der Waals surface area contributed by atoms with Gasteiger partial charge in [0.05, 0.1) is 6.42 Å². The Labute approximate surface area is 108 Å². The smallest absolute Gasteiger partial charge is 0.326 e. The Bertz CT molecular complexity index is 484. The second kappa shape index (κ2) is 6.47. The molecule has 0 bridgehead atoms. The molecule has 5 N–H and O–H groups in total. The van der Waals surface area contributed by atoms with Gasteiger partial charge in [-0.1, -0.05) is 6.92 Å². The van der Waals surface area contributed by atoms with Crippen molar-refractivity contribution in [1.82, 2.24) is 20.5 Å². The highest BCUT2D eigenvalue weighted by molar-refractivity contribution is 5.94. The molecular weight excluding hydrogens is 254 g/mol. The van der Waals surface area contributed by atoms with E-state index in [1.54, 1.807) is 0 Å². The highest BCUT2D eigenvalue weighted by Gasteiger charge is 2.24. The van der Waals surface area contributed by atoms with E-state index in [-0.39, 0.29) is 5.82 Å². The summed E-state index contributed by atoms with van der Waals surface area (Å²) in [6, 6.07) is -1.39. The van der Waals surface area contributed by atoms with E-state index in [1.807, 2.05) is 6.92 Å². The standard InChI is InChI=1S/C10H15N5O4/c1-2-3-7-13-8(15-14-7)9(17)12-5(10(18)19)4-6(11)16/h5H,2-4H2,1H3,(H2,11,16)(H,12,17)(H,18,19)(H,13,14,15)/t5-/m1/s1. The molecule has 0 aliphatic rings. The van der Waals surface area contributed by atoms with Crippen LogP contribution in [0.5, 0.6) is 0 Å². The minimum Gasteiger partial charge on any atom is -0.480 e. The Morgan fingerprint density at radius 2 is 2.16 bits per heavy atom. The Balaban J connectivity index is 2.70. The quantitative estimate of drug-likeness (QED) is 0.488. The minimum absolute atomic E-state index is 0.167. The third-order valence-electron chi connectivity index (χ3n) is 2.23.